The van der Waals surface area contributed by atoms with Gasteiger partial charge in [0.1, 0.15) is 70.3 Å². The number of ketones is 1. The molecule has 4 saturated heterocycles. The standard InChI is InChI=1S/C88H123N21O21S2/c1-131(127,128)47-41-58(77(92)116)100-81(120)64(50-55-33-35-57(36-34-55)76(115)56-24-9-4-10-25-56)99-74(114)51-97-78(117)63(48-53-20-5-2-6-21-53)104-82(121)65(49-54-22-7-3-8-23-54)105-80(119)59(37-39-70(90)110)101-79(118)60(38-40-71(91)111)102-83(122)67-28-18-46-109(67)86(125)62(26-13-15-42-89)103-84(123)68-29-19-45-108(68)85(124)61(27-17-44-96-87(93)94)98-73(113)32-14-16-43-95-72(112)31-12-11-30-69-75-66(52-132(69,129)130)106-88(126)107-75/h2-10,20-25,33-36,58-69,75H,11-19,26-32,37-52,89H2,1H3,(H2,90,110)(H2,91,111)(H2,92,116)(H,95,112)(H,97,117)(H,98,113)(H,99,114)(H,100,120)(H,101,118)(H,102,122)(H,103,123)(H,104,121)(H,105,119)(H4,93,94,96)(H2,106,107,126)/t58-,59-,60-,61-,62-,63-,64-,65-,66-,67-,68-,69-,75-/m0/s1. The van der Waals surface area contributed by atoms with Crippen molar-refractivity contribution in [3.8, 4) is 0 Å². The van der Waals surface area contributed by atoms with E-state index >= 15 is 4.79 Å². The topological polar surface area (TPSA) is 675 Å². The Hall–Kier alpha value is -13.0. The molecule has 718 valence electrons. The largest absolute Gasteiger partial charge is 0.370 e. The van der Waals surface area contributed by atoms with E-state index in [1.165, 1.54) is 34.1 Å². The Morgan fingerprint density at radius 1 is 0.462 bits per heavy atom. The number of carbonyl (C=O) groups excluding carboxylic acids is 17. The maximum absolute atomic E-state index is 15.0. The molecule has 4 aliphatic rings. The predicted molar refractivity (Wildman–Crippen MR) is 483 cm³/mol. The SMILES string of the molecule is CS(=O)(=O)CC[C@H](NC(=O)[C@H](Cc1ccc(C(=O)c2ccccc2)cc1)NC(=O)CNC(=O)[C@H](Cc1ccccc1)NC(=O)[C@H](Cc1ccccc1)NC(=O)[C@H](CCC(N)=O)NC(=O)[C@H](CCC(N)=O)NC(=O)[C@@H]1CCCN1C(=O)[C@H](CCCCN)NC(=O)[C@@H]1CCCN1C(=O)[C@H](CCCNC(=N)N)NC(=O)CCCCNC(=O)CCCC[C@H]1[C@H]2NC(=O)N[C@H]2CS1(=O)=O)C(N)=O. The second-order valence-corrected chi connectivity index (χ2v) is 38.0. The Bertz CT molecular complexity index is 4990. The number of benzene rings is 4. The van der Waals surface area contributed by atoms with Crippen LogP contribution in [0.15, 0.2) is 115 Å². The summed E-state index contributed by atoms with van der Waals surface area (Å²) in [5, 5.41) is 41.1. The Labute approximate surface area is 765 Å². The van der Waals surface area contributed by atoms with Gasteiger partial charge in [-0.15, -0.1) is 0 Å². The number of primary amides is 3. The van der Waals surface area contributed by atoms with Crippen molar-refractivity contribution in [1.29, 1.82) is 5.41 Å². The van der Waals surface area contributed by atoms with Gasteiger partial charge in [-0.3, -0.25) is 82.1 Å². The number of rotatable bonds is 55. The van der Waals surface area contributed by atoms with Crippen LogP contribution in [0.1, 0.15) is 167 Å². The highest BCUT2D eigenvalue weighted by molar-refractivity contribution is 7.92. The van der Waals surface area contributed by atoms with E-state index < -0.39 is 231 Å². The molecule has 0 saturated carbocycles. The molecule has 24 N–H and O–H groups in total. The maximum atomic E-state index is 15.0. The molecular weight excluding hydrogens is 1750 g/mol. The first-order valence-corrected chi connectivity index (χ1v) is 48.1. The van der Waals surface area contributed by atoms with Crippen LogP contribution in [0, 0.1) is 5.41 Å². The third kappa shape index (κ3) is 33.7. The highest BCUT2D eigenvalue weighted by Crippen LogP contribution is 2.30. The van der Waals surface area contributed by atoms with Gasteiger partial charge in [0.15, 0.2) is 21.6 Å². The first kappa shape index (κ1) is 104. The molecule has 0 radical (unpaired) electrons. The summed E-state index contributed by atoms with van der Waals surface area (Å²) in [6.45, 7) is -0.192. The Balaban J connectivity index is 0.917. The number of guanidine groups is 1. The number of unbranched alkanes of at least 4 members (excludes halogenated alkanes) is 3. The van der Waals surface area contributed by atoms with Crippen LogP contribution in [0.25, 0.3) is 0 Å². The van der Waals surface area contributed by atoms with E-state index in [4.69, 9.17) is 34.1 Å². The fourth-order valence-corrected chi connectivity index (χ4v) is 19.1. The lowest BCUT2D eigenvalue weighted by Crippen LogP contribution is -2.60. The molecule has 4 aliphatic heterocycles. The first-order chi connectivity index (χ1) is 62.9. The van der Waals surface area contributed by atoms with Crippen LogP contribution >= 0.6 is 0 Å². The Kier molecular flexibility index (Phi) is 40.8. The fraction of sp³-hybridized carbons (Fsp3) is 0.523. The number of sulfone groups is 2. The smallest absolute Gasteiger partial charge is 0.315 e. The molecule has 0 aliphatic carbocycles. The van der Waals surface area contributed by atoms with Crippen molar-refractivity contribution in [2.24, 2.45) is 28.7 Å². The normalized spacial score (nSPS) is 18.3. The molecule has 4 heterocycles. The van der Waals surface area contributed by atoms with Gasteiger partial charge < -0.3 is 108 Å². The Morgan fingerprint density at radius 2 is 0.917 bits per heavy atom. The minimum atomic E-state index is -3.66. The van der Waals surface area contributed by atoms with Gasteiger partial charge in [0, 0.05) is 88.5 Å². The minimum absolute atomic E-state index is 0.0158. The number of fused-ring (bicyclic) bond motifs is 1. The number of nitrogens with one attached hydrogen (secondary N) is 14. The van der Waals surface area contributed by atoms with Crippen molar-refractivity contribution in [3.05, 3.63) is 143 Å². The van der Waals surface area contributed by atoms with E-state index in [0.717, 1.165) is 6.26 Å². The van der Waals surface area contributed by atoms with E-state index in [1.54, 1.807) is 91.0 Å². The lowest BCUT2D eigenvalue weighted by molar-refractivity contribution is -0.144. The monoisotopic (exact) mass is 1870 g/mol. The summed E-state index contributed by atoms with van der Waals surface area (Å²) in [6, 6.07) is 15.0. The molecule has 132 heavy (non-hydrogen) atoms. The number of nitrogens with two attached hydrogens (primary N) is 5. The molecule has 4 aromatic rings. The molecule has 8 rings (SSSR count). The summed E-state index contributed by atoms with van der Waals surface area (Å²) < 4.78 is 49.7. The summed E-state index contributed by atoms with van der Waals surface area (Å²) in [4.78, 5) is 238. The molecule has 0 aromatic heterocycles. The molecule has 4 aromatic carbocycles. The van der Waals surface area contributed by atoms with Gasteiger partial charge in [0.25, 0.3) is 0 Å². The van der Waals surface area contributed by atoms with Crippen LogP contribution in [0.4, 0.5) is 4.79 Å². The van der Waals surface area contributed by atoms with E-state index in [2.05, 4.69) is 69.1 Å². The van der Waals surface area contributed by atoms with E-state index in [9.17, 15) is 93.5 Å². The average molecular weight is 1880 g/mol. The zero-order valence-corrected chi connectivity index (χ0v) is 75.4. The zero-order valence-electron chi connectivity index (χ0n) is 73.8. The molecule has 0 spiro atoms. The van der Waals surface area contributed by atoms with Crippen LogP contribution in [0.5, 0.6) is 0 Å². The van der Waals surface area contributed by atoms with Gasteiger partial charge >= 0.3 is 6.03 Å². The number of carbonyl (C=O) groups is 17. The second-order valence-electron chi connectivity index (χ2n) is 33.4. The quantitative estimate of drug-likeness (QED) is 0.00669. The Morgan fingerprint density at radius 3 is 1.45 bits per heavy atom. The highest BCUT2D eigenvalue weighted by atomic mass is 32.2. The van der Waals surface area contributed by atoms with Crippen molar-refractivity contribution < 1.29 is 98.3 Å². The van der Waals surface area contributed by atoms with Gasteiger partial charge in [0.2, 0.25) is 88.6 Å². The third-order valence-corrected chi connectivity index (χ3v) is 26.4. The van der Waals surface area contributed by atoms with Crippen molar-refractivity contribution in [1.82, 2.24) is 78.9 Å². The zero-order chi connectivity index (χ0) is 96.2. The average Bonchev–Trinajstić information content (AvgIpc) is 1.61. The van der Waals surface area contributed by atoms with E-state index in [-0.39, 0.29) is 133 Å². The minimum Gasteiger partial charge on any atom is -0.370 e. The summed E-state index contributed by atoms with van der Waals surface area (Å²) in [6.07, 6.45) is 1.36. The number of hydrogen-bond acceptors (Lipinski definition) is 23. The van der Waals surface area contributed by atoms with E-state index in [0.29, 0.717) is 72.8 Å². The lowest BCUT2D eigenvalue weighted by atomic mass is 9.99. The number of nitrogens with zero attached hydrogens (tertiary/aromatic N) is 2. The summed E-state index contributed by atoms with van der Waals surface area (Å²) in [7, 11) is -7.09. The molecule has 13 atom stereocenters. The predicted octanol–water partition coefficient (Wildman–Crippen LogP) is -3.54. The second kappa shape index (κ2) is 51.6. The van der Waals surface area contributed by atoms with Gasteiger partial charge in [-0.05, 0) is 126 Å². The number of amides is 17. The number of urea groups is 1. The molecule has 42 nitrogen and oxygen atoms in total. The van der Waals surface area contributed by atoms with Crippen molar-refractivity contribution in [3.63, 3.8) is 0 Å². The van der Waals surface area contributed by atoms with Gasteiger partial charge in [-0.1, -0.05) is 122 Å². The fourth-order valence-electron chi connectivity index (χ4n) is 16.2. The molecule has 17 amide bonds. The van der Waals surface area contributed by atoms with Gasteiger partial charge in [-0.2, -0.15) is 0 Å². The van der Waals surface area contributed by atoms with E-state index in [1.807, 2.05) is 0 Å². The number of likely N-dealkylation sites (tertiary alicyclic amines) is 2. The van der Waals surface area contributed by atoms with Crippen molar-refractivity contribution in [2.75, 3.05) is 57.0 Å². The molecule has 0 unspecified atom stereocenters. The number of hydrogen-bond donors (Lipinski definition) is 19. The van der Waals surface area contributed by atoms with Gasteiger partial charge in [0.05, 0.1) is 35.4 Å². The van der Waals surface area contributed by atoms with Gasteiger partial charge in [-0.25, -0.2) is 21.6 Å². The molecule has 44 heteroatoms. The maximum Gasteiger partial charge on any atom is 0.315 e. The molecular formula is C88H123N21O21S2. The summed E-state index contributed by atoms with van der Waals surface area (Å²) in [5.41, 5.74) is 30.3. The highest BCUT2D eigenvalue weighted by Gasteiger charge is 2.52. The van der Waals surface area contributed by atoms with Crippen LogP contribution in [-0.2, 0) is 111 Å². The molecule has 4 fully saturated rings. The van der Waals surface area contributed by atoms with Crippen molar-refractivity contribution >= 4 is 126 Å². The van der Waals surface area contributed by atoms with Crippen LogP contribution < -0.4 is 97.8 Å². The third-order valence-electron chi connectivity index (χ3n) is 23.1. The summed E-state index contributed by atoms with van der Waals surface area (Å²) in [5.74, 6) is -14.0. The lowest BCUT2D eigenvalue weighted by Gasteiger charge is -2.32. The molecule has 0 bridgehead atoms. The van der Waals surface area contributed by atoms with Crippen LogP contribution in [0.3, 0.4) is 0 Å². The summed E-state index contributed by atoms with van der Waals surface area (Å²) >= 11 is 0. The van der Waals surface area contributed by atoms with Crippen molar-refractivity contribution in [2.45, 2.75) is 232 Å². The first-order valence-electron chi connectivity index (χ1n) is 44.3. The van der Waals surface area contributed by atoms with Crippen LogP contribution in [-0.4, -0.2) is 268 Å². The van der Waals surface area contributed by atoms with Crippen LogP contribution in [0.2, 0.25) is 0 Å².